The molecule has 1 aromatic carbocycles. The number of carbonyl (C=O) groups excluding carboxylic acids is 2. The third kappa shape index (κ3) is 5.09. The molecule has 2 aliphatic carbocycles. The Kier molecular flexibility index (Phi) is 6.55. The number of rotatable bonds is 7. The van der Waals surface area contributed by atoms with E-state index < -0.39 is 5.54 Å². The summed E-state index contributed by atoms with van der Waals surface area (Å²) in [6.07, 6.45) is 6.88. The number of nitrogens with one attached hydrogen (secondary N) is 1. The number of nitrogens with zero attached hydrogens (tertiary/aromatic N) is 4. The van der Waals surface area contributed by atoms with E-state index in [9.17, 15) is 9.59 Å². The predicted octanol–water partition coefficient (Wildman–Crippen LogP) is 3.39. The molecule has 1 saturated heterocycles. The highest BCUT2D eigenvalue weighted by Crippen LogP contribution is 2.41. The molecule has 3 aliphatic rings. The van der Waals surface area contributed by atoms with Crippen LogP contribution >= 0.6 is 11.6 Å². The molecule has 1 aliphatic heterocycles. The molecule has 0 atom stereocenters. The molecule has 3 fully saturated rings. The van der Waals surface area contributed by atoms with Crippen LogP contribution in [0.25, 0.3) is 0 Å². The van der Waals surface area contributed by atoms with E-state index in [0.717, 1.165) is 43.3 Å². The van der Waals surface area contributed by atoms with E-state index in [1.165, 1.54) is 12.8 Å². The highest BCUT2D eigenvalue weighted by atomic mass is 35.5. The van der Waals surface area contributed by atoms with Crippen LogP contribution in [0.4, 0.5) is 0 Å². The van der Waals surface area contributed by atoms with Crippen LogP contribution in [0.3, 0.4) is 0 Å². The Bertz CT molecular complexity index is 1070. The van der Waals surface area contributed by atoms with Crippen LogP contribution in [-0.2, 0) is 4.79 Å². The van der Waals surface area contributed by atoms with E-state index in [-0.39, 0.29) is 11.8 Å². The van der Waals surface area contributed by atoms with Crippen molar-refractivity contribution in [3.63, 3.8) is 0 Å². The molecule has 2 amide bonds. The molecular weight excluding hydrogens is 450 g/mol. The fraction of sp³-hybridized carbons (Fsp3) is 0.462. The largest absolute Gasteiger partial charge is 0.354 e. The molecule has 34 heavy (non-hydrogen) atoms. The lowest BCUT2D eigenvalue weighted by Gasteiger charge is -2.37. The number of pyridine rings is 1. The van der Waals surface area contributed by atoms with Crippen molar-refractivity contribution in [3.05, 3.63) is 64.9 Å². The normalized spacial score (nSPS) is 19.6. The Labute approximate surface area is 205 Å². The van der Waals surface area contributed by atoms with E-state index in [1.54, 1.807) is 18.3 Å². The van der Waals surface area contributed by atoms with Gasteiger partial charge in [0.1, 0.15) is 11.2 Å². The maximum absolute atomic E-state index is 13.0. The summed E-state index contributed by atoms with van der Waals surface area (Å²) in [5, 5.41) is 3.58. The van der Waals surface area contributed by atoms with Crippen LogP contribution in [0.5, 0.6) is 0 Å². The average Bonchev–Trinajstić information content (AvgIpc) is 3.80. The Hall–Kier alpha value is -2.93. The van der Waals surface area contributed by atoms with Crippen molar-refractivity contribution >= 4 is 29.3 Å². The third-order valence-corrected chi connectivity index (χ3v) is 7.20. The number of halogens is 1. The number of piperazine rings is 1. The van der Waals surface area contributed by atoms with Crippen molar-refractivity contribution in [1.29, 1.82) is 0 Å². The highest BCUT2D eigenvalue weighted by Gasteiger charge is 2.51. The molecule has 8 heteroatoms. The maximum Gasteiger partial charge on any atom is 0.255 e. The number of carbonyl (C=O) groups is 2. The average molecular weight is 480 g/mol. The molecule has 7 nitrogen and oxygen atoms in total. The number of hydrogen-bond acceptors (Lipinski definition) is 4. The maximum atomic E-state index is 13.0. The van der Waals surface area contributed by atoms with Crippen LogP contribution in [-0.4, -0.2) is 70.7 Å². The van der Waals surface area contributed by atoms with Crippen LogP contribution in [0, 0.1) is 5.92 Å². The molecule has 178 valence electrons. The molecule has 2 aromatic rings. The van der Waals surface area contributed by atoms with Gasteiger partial charge in [0.15, 0.2) is 5.84 Å². The zero-order chi connectivity index (χ0) is 23.5. The molecule has 0 unspecified atom stereocenters. The van der Waals surface area contributed by atoms with Gasteiger partial charge in [-0.15, -0.1) is 0 Å². The minimum absolute atomic E-state index is 0.0223. The number of hydrogen-bond donors (Lipinski definition) is 1. The Balaban J connectivity index is 1.30. The molecule has 0 radical (unpaired) electrons. The van der Waals surface area contributed by atoms with Crippen molar-refractivity contribution in [2.45, 2.75) is 37.6 Å². The van der Waals surface area contributed by atoms with Gasteiger partial charge in [0.05, 0.1) is 10.6 Å². The van der Waals surface area contributed by atoms with Gasteiger partial charge in [-0.1, -0.05) is 42.6 Å². The predicted molar refractivity (Wildman–Crippen MR) is 132 cm³/mol. The van der Waals surface area contributed by atoms with Gasteiger partial charge in [-0.2, -0.15) is 0 Å². The molecule has 2 saturated carbocycles. The lowest BCUT2D eigenvalue weighted by molar-refractivity contribution is -0.123. The second kappa shape index (κ2) is 9.74. The minimum atomic E-state index is -0.694. The van der Waals surface area contributed by atoms with Crippen molar-refractivity contribution in [3.8, 4) is 0 Å². The lowest BCUT2D eigenvalue weighted by Crippen LogP contribution is -2.51. The molecule has 0 bridgehead atoms. The van der Waals surface area contributed by atoms with Gasteiger partial charge in [0, 0.05) is 38.9 Å². The first-order chi connectivity index (χ1) is 16.6. The molecular formula is C26H30ClN5O2. The molecule has 1 N–H and O–H groups in total. The zero-order valence-corrected chi connectivity index (χ0v) is 20.0. The van der Waals surface area contributed by atoms with E-state index in [2.05, 4.69) is 15.2 Å². The van der Waals surface area contributed by atoms with E-state index in [0.29, 0.717) is 36.8 Å². The van der Waals surface area contributed by atoms with Gasteiger partial charge in [-0.25, -0.2) is 4.99 Å². The number of benzene rings is 1. The molecule has 5 rings (SSSR count). The summed E-state index contributed by atoms with van der Waals surface area (Å²) in [7, 11) is 0. The fourth-order valence-electron chi connectivity index (χ4n) is 4.38. The fourth-order valence-corrected chi connectivity index (χ4v) is 4.60. The van der Waals surface area contributed by atoms with E-state index in [1.807, 2.05) is 35.2 Å². The Morgan fingerprint density at radius 3 is 2.38 bits per heavy atom. The first-order valence-corrected chi connectivity index (χ1v) is 12.5. The Morgan fingerprint density at radius 1 is 1.03 bits per heavy atom. The quantitative estimate of drug-likeness (QED) is 0.487. The summed E-state index contributed by atoms with van der Waals surface area (Å²) in [6, 6.07) is 12.9. The highest BCUT2D eigenvalue weighted by molar-refractivity contribution is 6.33. The van der Waals surface area contributed by atoms with Crippen molar-refractivity contribution in [2.24, 2.45) is 10.9 Å². The number of amidine groups is 1. The monoisotopic (exact) mass is 479 g/mol. The SMILES string of the molecule is O=C(c1ccccc1Cl)N1CCN(C(=NC2(C(=O)NCCC3CC3)CC2)c2ccccn2)CC1. The summed E-state index contributed by atoms with van der Waals surface area (Å²) in [5.41, 5.74) is 0.586. The number of aromatic nitrogens is 1. The number of amides is 2. The third-order valence-electron chi connectivity index (χ3n) is 6.87. The minimum Gasteiger partial charge on any atom is -0.354 e. The van der Waals surface area contributed by atoms with E-state index >= 15 is 0 Å². The first kappa shape index (κ1) is 22.8. The summed E-state index contributed by atoms with van der Waals surface area (Å²) >= 11 is 6.24. The van der Waals surface area contributed by atoms with Crippen LogP contribution in [0.15, 0.2) is 53.7 Å². The Morgan fingerprint density at radius 2 is 1.74 bits per heavy atom. The topological polar surface area (TPSA) is 77.9 Å². The van der Waals surface area contributed by atoms with E-state index in [4.69, 9.17) is 16.6 Å². The number of aliphatic imine (C=N–C) groups is 1. The van der Waals surface area contributed by atoms with Crippen LogP contribution in [0.2, 0.25) is 5.02 Å². The molecule has 0 spiro atoms. The van der Waals surface area contributed by atoms with Crippen LogP contribution in [0.1, 0.15) is 48.2 Å². The van der Waals surface area contributed by atoms with Gasteiger partial charge in [-0.05, 0) is 49.4 Å². The summed E-state index contributed by atoms with van der Waals surface area (Å²) in [6.45, 7) is 3.06. The first-order valence-electron chi connectivity index (χ1n) is 12.1. The van der Waals surface area contributed by atoms with Crippen molar-refractivity contribution in [1.82, 2.24) is 20.1 Å². The van der Waals surface area contributed by atoms with Gasteiger partial charge in [0.2, 0.25) is 5.91 Å². The van der Waals surface area contributed by atoms with Gasteiger partial charge < -0.3 is 15.1 Å². The molecule has 1 aromatic heterocycles. The smallest absolute Gasteiger partial charge is 0.255 e. The zero-order valence-electron chi connectivity index (χ0n) is 19.3. The summed E-state index contributed by atoms with van der Waals surface area (Å²) < 4.78 is 0. The van der Waals surface area contributed by atoms with Crippen LogP contribution < -0.4 is 5.32 Å². The summed E-state index contributed by atoms with van der Waals surface area (Å²) in [5.74, 6) is 1.48. The lowest BCUT2D eigenvalue weighted by atomic mass is 10.1. The standard InChI is InChI=1S/C26H30ClN5O2/c27-21-6-2-1-5-20(21)24(33)32-17-15-31(16-18-32)23(22-7-3-4-13-28-22)30-26(11-12-26)25(34)29-14-10-19-8-9-19/h1-7,13,19H,8-12,14-18H2,(H,29,34). The second-order valence-corrected chi connectivity index (χ2v) is 9.84. The van der Waals surface area contributed by atoms with Crippen molar-refractivity contribution in [2.75, 3.05) is 32.7 Å². The van der Waals surface area contributed by atoms with Gasteiger partial charge >= 0.3 is 0 Å². The van der Waals surface area contributed by atoms with Gasteiger partial charge in [-0.3, -0.25) is 14.6 Å². The second-order valence-electron chi connectivity index (χ2n) is 9.43. The molecule has 2 heterocycles. The van der Waals surface area contributed by atoms with Crippen molar-refractivity contribution < 1.29 is 9.59 Å². The summed E-state index contributed by atoms with van der Waals surface area (Å²) in [4.78, 5) is 39.5. The van der Waals surface area contributed by atoms with Gasteiger partial charge in [0.25, 0.3) is 5.91 Å².